The molecule has 0 spiro atoms. The summed E-state index contributed by atoms with van der Waals surface area (Å²) in [5, 5.41) is 19.0. The van der Waals surface area contributed by atoms with Crippen molar-refractivity contribution >= 4 is 10.0 Å². The van der Waals surface area contributed by atoms with Gasteiger partial charge in [-0.1, -0.05) is 19.1 Å². The van der Waals surface area contributed by atoms with E-state index in [9.17, 15) is 13.5 Å². The van der Waals surface area contributed by atoms with Crippen molar-refractivity contribution in [3.8, 4) is 0 Å². The molecule has 1 fully saturated rings. The van der Waals surface area contributed by atoms with Crippen molar-refractivity contribution in [1.29, 1.82) is 0 Å². The first kappa shape index (κ1) is 18.4. The Morgan fingerprint density at radius 1 is 1.35 bits per heavy atom. The summed E-state index contributed by atoms with van der Waals surface area (Å²) in [6, 6.07) is 0.148. The van der Waals surface area contributed by atoms with Crippen LogP contribution in [0.4, 0.5) is 0 Å². The molecule has 132 valence electrons. The summed E-state index contributed by atoms with van der Waals surface area (Å²) in [4.78, 5) is 0. The highest BCUT2D eigenvalue weighted by molar-refractivity contribution is 7.89. The fraction of sp³-hybridized carbons (Fsp3) is 0.867. The number of hydrogen-bond acceptors (Lipinski definition) is 5. The van der Waals surface area contributed by atoms with E-state index in [2.05, 4.69) is 10.3 Å². The van der Waals surface area contributed by atoms with E-state index in [0.29, 0.717) is 37.4 Å². The molecule has 0 aliphatic carbocycles. The van der Waals surface area contributed by atoms with E-state index >= 15 is 0 Å². The monoisotopic (exact) mass is 344 g/mol. The number of rotatable bonds is 6. The predicted octanol–water partition coefficient (Wildman–Crippen LogP) is 1.52. The molecular weight excluding hydrogens is 316 g/mol. The van der Waals surface area contributed by atoms with E-state index in [1.165, 1.54) is 4.31 Å². The molecule has 0 amide bonds. The second-order valence-electron chi connectivity index (χ2n) is 7.14. The van der Waals surface area contributed by atoms with Crippen molar-refractivity contribution < 1.29 is 13.5 Å². The van der Waals surface area contributed by atoms with Crippen LogP contribution in [0.5, 0.6) is 0 Å². The molecule has 8 heteroatoms. The SMILES string of the molecule is CC(C)CCS(=O)(=O)N1CCC[C@@](O)(c2cn(C(C)C)nn2)C1. The van der Waals surface area contributed by atoms with Crippen LogP contribution in [0.1, 0.15) is 58.7 Å². The number of piperidine rings is 1. The number of β-amino-alcohol motifs (C(OH)–C–C–N with tert-alkyl or cyclic N) is 1. The summed E-state index contributed by atoms with van der Waals surface area (Å²) in [5.41, 5.74) is -0.800. The Morgan fingerprint density at radius 3 is 2.61 bits per heavy atom. The van der Waals surface area contributed by atoms with E-state index in [4.69, 9.17) is 0 Å². The maximum Gasteiger partial charge on any atom is 0.214 e. The quantitative estimate of drug-likeness (QED) is 0.845. The lowest BCUT2D eigenvalue weighted by atomic mass is 9.91. The second-order valence-corrected chi connectivity index (χ2v) is 9.23. The molecule has 1 atom stereocenters. The van der Waals surface area contributed by atoms with Gasteiger partial charge in [-0.15, -0.1) is 5.10 Å². The molecule has 0 radical (unpaired) electrons. The summed E-state index contributed by atoms with van der Waals surface area (Å²) >= 11 is 0. The molecule has 0 aromatic carbocycles. The Labute approximate surface area is 138 Å². The van der Waals surface area contributed by atoms with Gasteiger partial charge in [0.1, 0.15) is 11.3 Å². The van der Waals surface area contributed by atoms with E-state index in [1.807, 2.05) is 27.7 Å². The topological polar surface area (TPSA) is 88.3 Å². The maximum absolute atomic E-state index is 12.5. The molecule has 2 heterocycles. The fourth-order valence-corrected chi connectivity index (χ4v) is 4.55. The van der Waals surface area contributed by atoms with Gasteiger partial charge in [-0.05, 0) is 39.0 Å². The number of hydrogen-bond donors (Lipinski definition) is 1. The highest BCUT2D eigenvalue weighted by Gasteiger charge is 2.41. The van der Waals surface area contributed by atoms with Gasteiger partial charge in [0.15, 0.2) is 0 Å². The van der Waals surface area contributed by atoms with Crippen molar-refractivity contribution in [3.63, 3.8) is 0 Å². The molecule has 1 aliphatic rings. The average molecular weight is 344 g/mol. The normalized spacial score (nSPS) is 23.8. The van der Waals surface area contributed by atoms with E-state index in [0.717, 1.165) is 0 Å². The Hall–Kier alpha value is -0.990. The van der Waals surface area contributed by atoms with Gasteiger partial charge in [0.05, 0.1) is 11.9 Å². The zero-order valence-corrected chi connectivity index (χ0v) is 15.3. The summed E-state index contributed by atoms with van der Waals surface area (Å²) in [7, 11) is -3.35. The van der Waals surface area contributed by atoms with Crippen LogP contribution in [0.3, 0.4) is 0 Å². The van der Waals surface area contributed by atoms with Gasteiger partial charge in [0, 0.05) is 19.1 Å². The van der Waals surface area contributed by atoms with Gasteiger partial charge in [-0.25, -0.2) is 13.1 Å². The van der Waals surface area contributed by atoms with Crippen molar-refractivity contribution in [2.24, 2.45) is 5.92 Å². The van der Waals surface area contributed by atoms with Gasteiger partial charge >= 0.3 is 0 Å². The molecule has 0 bridgehead atoms. The summed E-state index contributed by atoms with van der Waals surface area (Å²) < 4.78 is 28.1. The molecule has 23 heavy (non-hydrogen) atoms. The molecule has 0 unspecified atom stereocenters. The maximum atomic E-state index is 12.5. The molecular formula is C15H28N4O3S. The smallest absolute Gasteiger partial charge is 0.214 e. The summed E-state index contributed by atoms with van der Waals surface area (Å²) in [6.07, 6.45) is 3.46. The highest BCUT2D eigenvalue weighted by atomic mass is 32.2. The molecule has 0 saturated carbocycles. The van der Waals surface area contributed by atoms with Gasteiger partial charge < -0.3 is 5.11 Å². The Balaban J connectivity index is 2.15. The molecule has 2 rings (SSSR count). The number of nitrogens with zero attached hydrogens (tertiary/aromatic N) is 4. The van der Waals surface area contributed by atoms with Gasteiger partial charge in [0.25, 0.3) is 0 Å². The van der Waals surface area contributed by atoms with Crippen LogP contribution in [-0.4, -0.2) is 51.7 Å². The zero-order valence-electron chi connectivity index (χ0n) is 14.4. The van der Waals surface area contributed by atoms with Gasteiger partial charge in [0.2, 0.25) is 10.0 Å². The highest BCUT2D eigenvalue weighted by Crippen LogP contribution is 2.32. The van der Waals surface area contributed by atoms with Crippen LogP contribution < -0.4 is 0 Å². The lowest BCUT2D eigenvalue weighted by Crippen LogP contribution is -2.49. The third-order valence-corrected chi connectivity index (χ3v) is 6.15. The van der Waals surface area contributed by atoms with Crippen molar-refractivity contribution in [3.05, 3.63) is 11.9 Å². The second kappa shape index (κ2) is 6.86. The Bertz CT molecular complexity index is 626. The van der Waals surface area contributed by atoms with Crippen molar-refractivity contribution in [2.75, 3.05) is 18.8 Å². The van der Waals surface area contributed by atoms with E-state index in [1.54, 1.807) is 10.9 Å². The first-order valence-corrected chi connectivity index (χ1v) is 9.87. The van der Waals surface area contributed by atoms with E-state index < -0.39 is 15.6 Å². The lowest BCUT2D eigenvalue weighted by Gasteiger charge is -2.37. The first-order chi connectivity index (χ1) is 10.6. The van der Waals surface area contributed by atoms with Crippen LogP contribution >= 0.6 is 0 Å². The largest absolute Gasteiger partial charge is 0.382 e. The number of sulfonamides is 1. The first-order valence-electron chi connectivity index (χ1n) is 8.26. The average Bonchev–Trinajstić information content (AvgIpc) is 2.96. The van der Waals surface area contributed by atoms with Gasteiger partial charge in [-0.3, -0.25) is 0 Å². The van der Waals surface area contributed by atoms with Crippen LogP contribution in [0, 0.1) is 5.92 Å². The minimum Gasteiger partial charge on any atom is -0.382 e. The molecule has 7 nitrogen and oxygen atoms in total. The number of aliphatic hydroxyl groups is 1. The minimum atomic E-state index is -3.35. The van der Waals surface area contributed by atoms with E-state index in [-0.39, 0.29) is 18.3 Å². The molecule has 1 saturated heterocycles. The van der Waals surface area contributed by atoms with Crippen molar-refractivity contribution in [1.82, 2.24) is 19.3 Å². The standard InChI is InChI=1S/C15H28N4O3S/c1-12(2)6-9-23(21,22)18-8-5-7-15(20,11-18)14-10-19(13(3)4)17-16-14/h10,12-13,20H,5-9,11H2,1-4H3/t15-/m0/s1. The number of aromatic nitrogens is 3. The van der Waals surface area contributed by atoms with Crippen molar-refractivity contribution in [2.45, 2.75) is 58.6 Å². The van der Waals surface area contributed by atoms with Gasteiger partial charge in [-0.2, -0.15) is 4.31 Å². The summed E-state index contributed by atoms with van der Waals surface area (Å²) in [6.45, 7) is 8.49. The minimum absolute atomic E-state index is 0.0597. The predicted molar refractivity (Wildman–Crippen MR) is 88.4 cm³/mol. The van der Waals surface area contributed by atoms with Crippen LogP contribution in [-0.2, 0) is 15.6 Å². The third kappa shape index (κ3) is 4.30. The van der Waals surface area contributed by atoms with Crippen LogP contribution in [0.2, 0.25) is 0 Å². The lowest BCUT2D eigenvalue weighted by molar-refractivity contribution is -0.0162. The zero-order chi connectivity index (χ0) is 17.3. The summed E-state index contributed by atoms with van der Waals surface area (Å²) in [5.74, 6) is 0.457. The van der Waals surface area contributed by atoms with Crippen LogP contribution in [0.15, 0.2) is 6.20 Å². The fourth-order valence-electron chi connectivity index (χ4n) is 2.70. The molecule has 1 N–H and O–H groups in total. The van der Waals surface area contributed by atoms with Crippen LogP contribution in [0.25, 0.3) is 0 Å². The Kier molecular flexibility index (Phi) is 5.48. The molecule has 1 aromatic heterocycles. The Morgan fingerprint density at radius 2 is 2.04 bits per heavy atom. The molecule has 1 aliphatic heterocycles. The third-order valence-electron chi connectivity index (χ3n) is 4.30. The molecule has 1 aromatic rings.